The van der Waals surface area contributed by atoms with Crippen LogP contribution in [0.1, 0.15) is 0 Å². The highest BCUT2D eigenvalue weighted by Crippen LogP contribution is 2.14. The van der Waals surface area contributed by atoms with Gasteiger partial charge in [-0.15, -0.1) is 11.8 Å². The molecule has 0 N–H and O–H groups in total. The van der Waals surface area contributed by atoms with Crippen LogP contribution in [0.4, 0.5) is 4.39 Å². The van der Waals surface area contributed by atoms with Crippen LogP contribution in [0.2, 0.25) is 0 Å². The van der Waals surface area contributed by atoms with E-state index in [4.69, 9.17) is 0 Å². The second kappa shape index (κ2) is 3.52. The number of hydrogen-bond donors (Lipinski definition) is 0. The summed E-state index contributed by atoms with van der Waals surface area (Å²) >= 11 is 3.38. The molecule has 0 amide bonds. The SMILES string of the molecule is CSc1ccc(F)c(I)n1. The fraction of sp³-hybridized carbons (Fsp3) is 0.167. The number of hydrogen-bond acceptors (Lipinski definition) is 2. The molecule has 0 fully saturated rings. The van der Waals surface area contributed by atoms with Crippen molar-refractivity contribution in [2.24, 2.45) is 0 Å². The Kier molecular flexibility index (Phi) is 2.91. The van der Waals surface area contributed by atoms with E-state index in [2.05, 4.69) is 4.98 Å². The van der Waals surface area contributed by atoms with E-state index >= 15 is 0 Å². The fourth-order valence-electron chi connectivity index (χ4n) is 0.514. The second-order valence-corrected chi connectivity index (χ2v) is 3.47. The molecule has 0 atom stereocenters. The number of thioether (sulfide) groups is 1. The Labute approximate surface area is 76.6 Å². The zero-order chi connectivity index (χ0) is 7.56. The number of rotatable bonds is 1. The van der Waals surface area contributed by atoms with Crippen LogP contribution in [0.5, 0.6) is 0 Å². The minimum Gasteiger partial charge on any atom is -0.232 e. The number of halogens is 2. The third-order valence-corrected chi connectivity index (χ3v) is 2.39. The predicted octanol–water partition coefficient (Wildman–Crippen LogP) is 2.55. The molecule has 1 aromatic heterocycles. The molecule has 0 aromatic carbocycles. The van der Waals surface area contributed by atoms with Crippen molar-refractivity contribution in [1.82, 2.24) is 4.98 Å². The molecule has 0 bridgehead atoms. The lowest BCUT2D eigenvalue weighted by molar-refractivity contribution is 0.608. The molecule has 0 radical (unpaired) electrons. The van der Waals surface area contributed by atoms with E-state index in [9.17, 15) is 4.39 Å². The van der Waals surface area contributed by atoms with Crippen molar-refractivity contribution >= 4 is 34.4 Å². The molecule has 0 aliphatic rings. The number of nitrogens with zero attached hydrogens (tertiary/aromatic N) is 1. The van der Waals surface area contributed by atoms with Gasteiger partial charge in [-0.3, -0.25) is 0 Å². The summed E-state index contributed by atoms with van der Waals surface area (Å²) in [7, 11) is 0. The summed E-state index contributed by atoms with van der Waals surface area (Å²) in [6.07, 6.45) is 1.91. The van der Waals surface area contributed by atoms with Crippen LogP contribution in [0.15, 0.2) is 17.2 Å². The van der Waals surface area contributed by atoms with Gasteiger partial charge in [0, 0.05) is 0 Å². The molecule has 0 saturated carbocycles. The largest absolute Gasteiger partial charge is 0.232 e. The highest BCUT2D eigenvalue weighted by Gasteiger charge is 1.99. The van der Waals surface area contributed by atoms with Crippen molar-refractivity contribution in [2.75, 3.05) is 6.26 Å². The summed E-state index contributed by atoms with van der Waals surface area (Å²) in [5.74, 6) is -0.251. The lowest BCUT2D eigenvalue weighted by Crippen LogP contribution is -1.87. The van der Waals surface area contributed by atoms with Gasteiger partial charge in [0.2, 0.25) is 0 Å². The van der Waals surface area contributed by atoms with Crippen molar-refractivity contribution in [1.29, 1.82) is 0 Å². The Morgan fingerprint density at radius 1 is 1.60 bits per heavy atom. The summed E-state index contributed by atoms with van der Waals surface area (Å²) in [5.41, 5.74) is 0. The Morgan fingerprint density at radius 3 is 2.80 bits per heavy atom. The molecular formula is C6H5FINS. The van der Waals surface area contributed by atoms with Crippen LogP contribution in [-0.4, -0.2) is 11.2 Å². The van der Waals surface area contributed by atoms with Crippen molar-refractivity contribution in [2.45, 2.75) is 5.03 Å². The van der Waals surface area contributed by atoms with Gasteiger partial charge in [-0.1, -0.05) is 0 Å². The molecule has 0 spiro atoms. The van der Waals surface area contributed by atoms with Crippen LogP contribution in [0.25, 0.3) is 0 Å². The summed E-state index contributed by atoms with van der Waals surface area (Å²) in [6.45, 7) is 0. The third kappa shape index (κ3) is 1.82. The van der Waals surface area contributed by atoms with Crippen molar-refractivity contribution in [3.05, 3.63) is 21.7 Å². The van der Waals surface area contributed by atoms with Crippen LogP contribution >= 0.6 is 34.4 Å². The highest BCUT2D eigenvalue weighted by atomic mass is 127. The van der Waals surface area contributed by atoms with Gasteiger partial charge >= 0.3 is 0 Å². The first kappa shape index (κ1) is 8.26. The standard InChI is InChI=1S/C6H5FINS/c1-10-5-3-2-4(7)6(8)9-5/h2-3H,1H3. The molecule has 1 heterocycles. The molecule has 1 rings (SSSR count). The van der Waals surface area contributed by atoms with Crippen LogP contribution < -0.4 is 0 Å². The van der Waals surface area contributed by atoms with E-state index < -0.39 is 0 Å². The average Bonchev–Trinajstić information content (AvgIpc) is 1.95. The molecular weight excluding hydrogens is 264 g/mol. The van der Waals surface area contributed by atoms with Gasteiger partial charge in [-0.2, -0.15) is 0 Å². The second-order valence-electron chi connectivity index (χ2n) is 1.63. The molecule has 0 unspecified atom stereocenters. The van der Waals surface area contributed by atoms with Crippen molar-refractivity contribution in [3.8, 4) is 0 Å². The minimum atomic E-state index is -0.251. The summed E-state index contributed by atoms with van der Waals surface area (Å²) in [6, 6.07) is 3.10. The Bertz CT molecular complexity index is 241. The molecule has 0 saturated heterocycles. The Hall–Kier alpha value is 0.160. The van der Waals surface area contributed by atoms with Gasteiger partial charge in [-0.25, -0.2) is 9.37 Å². The monoisotopic (exact) mass is 269 g/mol. The van der Waals surface area contributed by atoms with Gasteiger partial charge in [0.05, 0.1) is 5.03 Å². The third-order valence-electron chi connectivity index (χ3n) is 0.987. The molecule has 10 heavy (non-hydrogen) atoms. The average molecular weight is 269 g/mol. The van der Waals surface area contributed by atoms with E-state index in [0.29, 0.717) is 3.70 Å². The fourth-order valence-corrected chi connectivity index (χ4v) is 1.50. The van der Waals surface area contributed by atoms with Crippen LogP contribution in [0, 0.1) is 9.52 Å². The summed E-state index contributed by atoms with van der Waals surface area (Å²) in [4.78, 5) is 3.97. The molecule has 0 aliphatic carbocycles. The maximum atomic E-state index is 12.6. The maximum absolute atomic E-state index is 12.6. The van der Waals surface area contributed by atoms with Crippen LogP contribution in [0.3, 0.4) is 0 Å². The molecule has 1 aromatic rings. The van der Waals surface area contributed by atoms with E-state index in [-0.39, 0.29) is 5.82 Å². The zero-order valence-corrected chi connectivity index (χ0v) is 8.24. The summed E-state index contributed by atoms with van der Waals surface area (Å²) < 4.78 is 13.0. The normalized spacial score (nSPS) is 9.90. The first-order valence-corrected chi connectivity index (χ1v) is 4.90. The van der Waals surface area contributed by atoms with Crippen molar-refractivity contribution < 1.29 is 4.39 Å². The molecule has 54 valence electrons. The zero-order valence-electron chi connectivity index (χ0n) is 5.27. The first-order chi connectivity index (χ1) is 4.74. The highest BCUT2D eigenvalue weighted by molar-refractivity contribution is 14.1. The lowest BCUT2D eigenvalue weighted by atomic mass is 10.5. The quantitative estimate of drug-likeness (QED) is 0.441. The smallest absolute Gasteiger partial charge is 0.155 e. The van der Waals surface area contributed by atoms with Crippen LogP contribution in [-0.2, 0) is 0 Å². The summed E-state index contributed by atoms with van der Waals surface area (Å²) in [5, 5.41) is 0.853. The van der Waals surface area contributed by atoms with E-state index in [0.717, 1.165) is 5.03 Å². The molecule has 1 nitrogen and oxygen atoms in total. The maximum Gasteiger partial charge on any atom is 0.155 e. The number of aromatic nitrogens is 1. The molecule has 0 aliphatic heterocycles. The Morgan fingerprint density at radius 2 is 2.30 bits per heavy atom. The van der Waals surface area contributed by atoms with Gasteiger partial charge in [0.1, 0.15) is 3.70 Å². The van der Waals surface area contributed by atoms with E-state index in [1.54, 1.807) is 6.07 Å². The van der Waals surface area contributed by atoms with E-state index in [1.165, 1.54) is 17.8 Å². The van der Waals surface area contributed by atoms with Gasteiger partial charge in [-0.05, 0) is 41.0 Å². The van der Waals surface area contributed by atoms with Gasteiger partial charge < -0.3 is 0 Å². The van der Waals surface area contributed by atoms with Crippen molar-refractivity contribution in [3.63, 3.8) is 0 Å². The lowest BCUT2D eigenvalue weighted by Gasteiger charge is -1.95. The van der Waals surface area contributed by atoms with Gasteiger partial charge in [0.25, 0.3) is 0 Å². The first-order valence-electron chi connectivity index (χ1n) is 2.60. The Balaban J connectivity index is 3.04. The number of pyridine rings is 1. The molecule has 4 heteroatoms. The van der Waals surface area contributed by atoms with E-state index in [1.807, 2.05) is 28.8 Å². The minimum absolute atomic E-state index is 0.251. The predicted molar refractivity (Wildman–Crippen MR) is 48.7 cm³/mol. The topological polar surface area (TPSA) is 12.9 Å². The van der Waals surface area contributed by atoms with Gasteiger partial charge in [0.15, 0.2) is 5.82 Å².